The van der Waals surface area contributed by atoms with Gasteiger partial charge in [-0.05, 0) is 67.9 Å². The minimum atomic E-state index is -4.55. The molecule has 1 fully saturated rings. The molecule has 0 spiro atoms. The summed E-state index contributed by atoms with van der Waals surface area (Å²) >= 11 is 0. The van der Waals surface area contributed by atoms with Gasteiger partial charge in [-0.15, -0.1) is 0 Å². The highest BCUT2D eigenvalue weighted by molar-refractivity contribution is 5.78. The Morgan fingerprint density at radius 2 is 1.91 bits per heavy atom. The highest BCUT2D eigenvalue weighted by Gasteiger charge is 2.37. The van der Waals surface area contributed by atoms with Crippen molar-refractivity contribution in [1.82, 2.24) is 14.8 Å². The van der Waals surface area contributed by atoms with Crippen molar-refractivity contribution in [2.75, 3.05) is 19.6 Å². The number of alkyl halides is 3. The van der Waals surface area contributed by atoms with E-state index in [1.165, 1.54) is 34.7 Å². The van der Waals surface area contributed by atoms with Gasteiger partial charge >= 0.3 is 18.2 Å². The second-order valence-corrected chi connectivity index (χ2v) is 8.92. The maximum absolute atomic E-state index is 13.2. The number of carbonyl (C=O) groups is 2. The molecule has 0 radical (unpaired) electrons. The molecule has 1 aromatic carbocycles. The lowest BCUT2D eigenvalue weighted by Gasteiger charge is -2.28. The number of carbonyl (C=O) groups excluding carboxylic acids is 1. The first-order valence-electron chi connectivity index (χ1n) is 11.6. The van der Waals surface area contributed by atoms with Gasteiger partial charge in [-0.3, -0.25) is 9.78 Å². The van der Waals surface area contributed by atoms with Gasteiger partial charge in [-0.2, -0.15) is 13.2 Å². The van der Waals surface area contributed by atoms with Crippen LogP contribution >= 0.6 is 0 Å². The average Bonchev–Trinajstić information content (AvgIpc) is 3.17. The van der Waals surface area contributed by atoms with Crippen LogP contribution in [-0.4, -0.2) is 51.5 Å². The standard InChI is InChI=1S/C25H28F3N3O3/c26-25(27,28)19-7-3-6-18(15-19)22(16-23(32)33)31-14-13-30(24(31)34)12-4-8-20-11-10-17-5-1-2-9-21(17)29-20/h3,6-7,10-11,15,22H,1-2,4-5,8-9,12-14,16H2,(H,32,33). The molecular formula is C25H28F3N3O3. The smallest absolute Gasteiger partial charge is 0.416 e. The van der Waals surface area contributed by atoms with Crippen LogP contribution in [0, 0.1) is 0 Å². The topological polar surface area (TPSA) is 73.7 Å². The van der Waals surface area contributed by atoms with E-state index in [4.69, 9.17) is 4.98 Å². The number of halogens is 3. The van der Waals surface area contributed by atoms with Gasteiger partial charge in [0.05, 0.1) is 18.0 Å². The van der Waals surface area contributed by atoms with Crippen LogP contribution in [0.3, 0.4) is 0 Å². The molecule has 1 atom stereocenters. The molecule has 1 unspecified atom stereocenters. The van der Waals surface area contributed by atoms with Gasteiger partial charge in [0.15, 0.2) is 0 Å². The zero-order chi connectivity index (χ0) is 24.3. The van der Waals surface area contributed by atoms with Crippen LogP contribution in [0.2, 0.25) is 0 Å². The molecule has 4 rings (SSSR count). The van der Waals surface area contributed by atoms with Crippen LogP contribution in [0.25, 0.3) is 0 Å². The molecule has 0 saturated carbocycles. The Hall–Kier alpha value is -3.10. The van der Waals surface area contributed by atoms with Crippen molar-refractivity contribution in [3.8, 4) is 0 Å². The monoisotopic (exact) mass is 475 g/mol. The fraction of sp³-hybridized carbons (Fsp3) is 0.480. The van der Waals surface area contributed by atoms with Crippen LogP contribution in [0.15, 0.2) is 36.4 Å². The summed E-state index contributed by atoms with van der Waals surface area (Å²) in [5, 5.41) is 9.36. The third-order valence-electron chi connectivity index (χ3n) is 6.57. The number of hydrogen-bond donors (Lipinski definition) is 1. The number of rotatable bonds is 8. The molecule has 2 amide bonds. The zero-order valence-electron chi connectivity index (χ0n) is 18.9. The molecule has 2 aliphatic rings. The lowest BCUT2D eigenvalue weighted by atomic mass is 9.95. The van der Waals surface area contributed by atoms with E-state index >= 15 is 0 Å². The molecule has 0 bridgehead atoms. The Kier molecular flexibility index (Phi) is 7.09. The maximum atomic E-state index is 13.2. The summed E-state index contributed by atoms with van der Waals surface area (Å²) in [5.41, 5.74) is 2.80. The third-order valence-corrected chi connectivity index (χ3v) is 6.57. The number of hydrogen-bond acceptors (Lipinski definition) is 3. The van der Waals surface area contributed by atoms with Crippen molar-refractivity contribution in [2.45, 2.75) is 57.2 Å². The van der Waals surface area contributed by atoms with Crippen molar-refractivity contribution in [3.05, 3.63) is 64.5 Å². The van der Waals surface area contributed by atoms with Gasteiger partial charge in [-0.1, -0.05) is 18.2 Å². The van der Waals surface area contributed by atoms with Gasteiger partial charge in [0.25, 0.3) is 0 Å². The third kappa shape index (κ3) is 5.51. The van der Waals surface area contributed by atoms with Crippen molar-refractivity contribution in [2.24, 2.45) is 0 Å². The number of pyridine rings is 1. The van der Waals surface area contributed by atoms with Gasteiger partial charge in [0.1, 0.15) is 0 Å². The normalized spacial score (nSPS) is 17.1. The van der Waals surface area contributed by atoms with E-state index in [1.807, 2.05) is 6.07 Å². The molecule has 1 aliphatic heterocycles. The Balaban J connectivity index is 1.40. The summed E-state index contributed by atoms with van der Waals surface area (Å²) < 4.78 is 39.5. The largest absolute Gasteiger partial charge is 0.481 e. The molecule has 1 aromatic heterocycles. The molecule has 6 nitrogen and oxygen atoms in total. The van der Waals surface area contributed by atoms with E-state index in [2.05, 4.69) is 6.07 Å². The number of aryl methyl sites for hydroxylation is 3. The van der Waals surface area contributed by atoms with E-state index in [0.717, 1.165) is 43.5 Å². The van der Waals surface area contributed by atoms with Crippen molar-refractivity contribution in [3.63, 3.8) is 0 Å². The zero-order valence-corrected chi connectivity index (χ0v) is 18.9. The number of nitrogens with zero attached hydrogens (tertiary/aromatic N) is 3. The van der Waals surface area contributed by atoms with Crippen LogP contribution in [0.5, 0.6) is 0 Å². The molecular weight excluding hydrogens is 447 g/mol. The summed E-state index contributed by atoms with van der Waals surface area (Å²) in [7, 11) is 0. The van der Waals surface area contributed by atoms with Crippen molar-refractivity contribution < 1.29 is 27.9 Å². The number of aliphatic carboxylic acids is 1. The molecule has 34 heavy (non-hydrogen) atoms. The van der Waals surface area contributed by atoms with E-state index < -0.39 is 30.2 Å². The molecule has 2 aromatic rings. The Bertz CT molecular complexity index is 1060. The minimum absolute atomic E-state index is 0.172. The number of fused-ring (bicyclic) bond motifs is 1. The highest BCUT2D eigenvalue weighted by Crippen LogP contribution is 2.34. The van der Waals surface area contributed by atoms with Crippen LogP contribution < -0.4 is 0 Å². The molecule has 1 N–H and O–H groups in total. The van der Waals surface area contributed by atoms with Gasteiger partial charge < -0.3 is 14.9 Å². The first-order chi connectivity index (χ1) is 16.2. The summed E-state index contributed by atoms with van der Waals surface area (Å²) in [5.74, 6) is -1.17. The Morgan fingerprint density at radius 3 is 2.68 bits per heavy atom. The SMILES string of the molecule is O=C(O)CC(c1cccc(C(F)(F)F)c1)N1CCN(CCCc2ccc3c(n2)CCCC3)C1=O. The number of amides is 2. The second-order valence-electron chi connectivity index (χ2n) is 8.92. The fourth-order valence-corrected chi connectivity index (χ4v) is 4.81. The number of aromatic nitrogens is 1. The first kappa shape index (κ1) is 24.0. The van der Waals surface area contributed by atoms with Crippen LogP contribution in [0.4, 0.5) is 18.0 Å². The van der Waals surface area contributed by atoms with Gasteiger partial charge in [-0.25, -0.2) is 4.79 Å². The number of carboxylic acid groups (broad SMARTS) is 1. The van der Waals surface area contributed by atoms with Gasteiger partial charge in [0, 0.05) is 31.0 Å². The summed E-state index contributed by atoms with van der Waals surface area (Å²) in [6.07, 6.45) is 0.862. The van der Waals surface area contributed by atoms with Crippen molar-refractivity contribution >= 4 is 12.0 Å². The summed E-state index contributed by atoms with van der Waals surface area (Å²) in [6, 6.07) is 7.45. The van der Waals surface area contributed by atoms with Crippen LogP contribution in [0.1, 0.15) is 59.8 Å². The van der Waals surface area contributed by atoms with Gasteiger partial charge in [0.2, 0.25) is 0 Å². The fourth-order valence-electron chi connectivity index (χ4n) is 4.81. The first-order valence-corrected chi connectivity index (χ1v) is 11.6. The van der Waals surface area contributed by atoms with Crippen LogP contribution in [-0.2, 0) is 30.2 Å². The minimum Gasteiger partial charge on any atom is -0.481 e. The number of carboxylic acids is 1. The van der Waals surface area contributed by atoms with E-state index in [1.54, 1.807) is 4.90 Å². The quantitative estimate of drug-likeness (QED) is 0.592. The Labute approximate surface area is 196 Å². The predicted octanol–water partition coefficient (Wildman–Crippen LogP) is 4.87. The molecule has 182 valence electrons. The summed E-state index contributed by atoms with van der Waals surface area (Å²) in [6.45, 7) is 1.16. The van der Waals surface area contributed by atoms with Crippen molar-refractivity contribution in [1.29, 1.82) is 0 Å². The molecule has 1 aliphatic carbocycles. The summed E-state index contributed by atoms with van der Waals surface area (Å²) in [4.78, 5) is 32.3. The van der Waals surface area contributed by atoms with E-state index in [-0.39, 0.29) is 18.1 Å². The maximum Gasteiger partial charge on any atom is 0.416 e. The predicted molar refractivity (Wildman–Crippen MR) is 119 cm³/mol. The highest BCUT2D eigenvalue weighted by atomic mass is 19.4. The van der Waals surface area contributed by atoms with E-state index in [9.17, 15) is 27.9 Å². The number of benzene rings is 1. The van der Waals surface area contributed by atoms with E-state index in [0.29, 0.717) is 19.5 Å². The molecule has 2 heterocycles. The second kappa shape index (κ2) is 10.0. The molecule has 9 heteroatoms. The molecule has 1 saturated heterocycles. The number of urea groups is 1. The average molecular weight is 476 g/mol. The Morgan fingerprint density at radius 1 is 1.12 bits per heavy atom. The lowest BCUT2D eigenvalue weighted by molar-refractivity contribution is -0.138. The lowest BCUT2D eigenvalue weighted by Crippen LogP contribution is -2.36.